The summed E-state index contributed by atoms with van der Waals surface area (Å²) in [5, 5.41) is 10.7. The van der Waals surface area contributed by atoms with Crippen LogP contribution in [0, 0.1) is 0 Å². The number of unbranched alkanes of at least 4 members (excludes halogenated alkanes) is 1. The van der Waals surface area contributed by atoms with Crippen LogP contribution in [0.15, 0.2) is 48.5 Å². The number of aromatic nitrogens is 2. The molecule has 0 radical (unpaired) electrons. The molecule has 1 amide bonds. The molecular formula is C23H26F3N5O. The number of rotatable bonds is 7. The molecular weight excluding hydrogens is 419 g/mol. The van der Waals surface area contributed by atoms with Gasteiger partial charge in [0.1, 0.15) is 0 Å². The molecule has 170 valence electrons. The third kappa shape index (κ3) is 5.21. The first-order valence-corrected chi connectivity index (χ1v) is 10.8. The van der Waals surface area contributed by atoms with Gasteiger partial charge >= 0.3 is 6.18 Å². The van der Waals surface area contributed by atoms with Crippen LogP contribution in [0.25, 0.3) is 10.9 Å². The number of amides is 1. The predicted octanol–water partition coefficient (Wildman–Crippen LogP) is 3.91. The lowest BCUT2D eigenvalue weighted by atomic mass is 10.1. The van der Waals surface area contributed by atoms with Gasteiger partial charge in [-0.15, -0.1) is 0 Å². The summed E-state index contributed by atoms with van der Waals surface area (Å²) in [6.07, 6.45) is -2.54. The molecule has 1 saturated heterocycles. The Bertz CT molecular complexity index is 1060. The number of hydrogen-bond donors (Lipinski definition) is 2. The van der Waals surface area contributed by atoms with Gasteiger partial charge in [0, 0.05) is 43.8 Å². The SMILES string of the molecule is O=C(NCCCCN1CCN(c2cccc(C(F)(F)F)c2)CC1)c1n[nH]c2ccccc12. The summed E-state index contributed by atoms with van der Waals surface area (Å²) in [5.74, 6) is -0.183. The molecule has 2 heterocycles. The van der Waals surface area contributed by atoms with E-state index in [1.807, 2.05) is 29.2 Å². The number of alkyl halides is 3. The number of hydrogen-bond acceptors (Lipinski definition) is 4. The van der Waals surface area contributed by atoms with Crippen LogP contribution in [0.2, 0.25) is 0 Å². The Balaban J connectivity index is 1.16. The van der Waals surface area contributed by atoms with Crippen molar-refractivity contribution in [1.29, 1.82) is 0 Å². The van der Waals surface area contributed by atoms with Crippen molar-refractivity contribution < 1.29 is 18.0 Å². The van der Waals surface area contributed by atoms with Crippen molar-refractivity contribution >= 4 is 22.5 Å². The molecule has 0 saturated carbocycles. The Labute approximate surface area is 184 Å². The van der Waals surface area contributed by atoms with Crippen LogP contribution in [-0.4, -0.2) is 60.3 Å². The number of para-hydroxylation sites is 1. The second-order valence-corrected chi connectivity index (χ2v) is 7.96. The first-order valence-electron chi connectivity index (χ1n) is 10.8. The summed E-state index contributed by atoms with van der Waals surface area (Å²) in [6.45, 7) is 4.49. The zero-order chi connectivity index (χ0) is 22.6. The lowest BCUT2D eigenvalue weighted by Gasteiger charge is -2.36. The maximum Gasteiger partial charge on any atom is 0.416 e. The van der Waals surface area contributed by atoms with Crippen molar-refractivity contribution in [2.45, 2.75) is 19.0 Å². The topological polar surface area (TPSA) is 64.3 Å². The van der Waals surface area contributed by atoms with Crippen molar-refractivity contribution in [2.75, 3.05) is 44.2 Å². The fourth-order valence-corrected chi connectivity index (χ4v) is 3.99. The molecule has 9 heteroatoms. The zero-order valence-electron chi connectivity index (χ0n) is 17.7. The minimum atomic E-state index is -4.32. The van der Waals surface area contributed by atoms with Gasteiger partial charge in [-0.25, -0.2) is 0 Å². The zero-order valence-corrected chi connectivity index (χ0v) is 17.7. The molecule has 0 unspecified atom stereocenters. The molecule has 4 rings (SSSR count). The van der Waals surface area contributed by atoms with Crippen LogP contribution in [0.5, 0.6) is 0 Å². The maximum absolute atomic E-state index is 12.9. The average Bonchev–Trinajstić information content (AvgIpc) is 3.23. The number of carbonyl (C=O) groups is 1. The van der Waals surface area contributed by atoms with E-state index in [0.717, 1.165) is 49.4 Å². The largest absolute Gasteiger partial charge is 0.416 e. The average molecular weight is 445 g/mol. The summed E-state index contributed by atoms with van der Waals surface area (Å²) >= 11 is 0. The standard InChI is InChI=1S/C23H26F3N5O/c24-23(25,26)17-6-5-7-18(16-17)31-14-12-30(13-15-31)11-4-3-10-27-22(32)21-19-8-1-2-9-20(19)28-29-21/h1-2,5-9,16H,3-4,10-15H2,(H,27,32)(H,28,29). The molecule has 1 aromatic heterocycles. The van der Waals surface area contributed by atoms with Crippen molar-refractivity contribution in [3.8, 4) is 0 Å². The number of aromatic amines is 1. The van der Waals surface area contributed by atoms with Gasteiger partial charge in [-0.1, -0.05) is 24.3 Å². The molecule has 3 aromatic rings. The van der Waals surface area contributed by atoms with Crippen LogP contribution >= 0.6 is 0 Å². The number of benzene rings is 2. The molecule has 1 aliphatic heterocycles. The third-order valence-corrected chi connectivity index (χ3v) is 5.78. The first kappa shape index (κ1) is 22.1. The monoisotopic (exact) mass is 445 g/mol. The Hall–Kier alpha value is -3.07. The van der Waals surface area contributed by atoms with E-state index in [9.17, 15) is 18.0 Å². The normalized spacial score (nSPS) is 15.3. The summed E-state index contributed by atoms with van der Waals surface area (Å²) in [4.78, 5) is 16.7. The molecule has 1 fully saturated rings. The second kappa shape index (κ2) is 9.60. The van der Waals surface area contributed by atoms with E-state index in [2.05, 4.69) is 20.4 Å². The smallest absolute Gasteiger partial charge is 0.369 e. The quantitative estimate of drug-likeness (QED) is 0.542. The summed E-state index contributed by atoms with van der Waals surface area (Å²) in [6, 6.07) is 13.0. The summed E-state index contributed by atoms with van der Waals surface area (Å²) in [5.41, 5.74) is 1.25. The van der Waals surface area contributed by atoms with Crippen molar-refractivity contribution in [3.05, 3.63) is 59.8 Å². The van der Waals surface area contributed by atoms with Crippen molar-refractivity contribution in [1.82, 2.24) is 20.4 Å². The van der Waals surface area contributed by atoms with Gasteiger partial charge in [0.05, 0.1) is 11.1 Å². The Morgan fingerprint density at radius 1 is 1.03 bits per heavy atom. The number of fused-ring (bicyclic) bond motifs is 1. The van der Waals surface area contributed by atoms with E-state index < -0.39 is 11.7 Å². The van der Waals surface area contributed by atoms with Gasteiger partial charge in [0.15, 0.2) is 5.69 Å². The minimum Gasteiger partial charge on any atom is -0.369 e. The number of carbonyl (C=O) groups excluding carboxylic acids is 1. The predicted molar refractivity (Wildman–Crippen MR) is 118 cm³/mol. The molecule has 0 aliphatic carbocycles. The fraction of sp³-hybridized carbons (Fsp3) is 0.391. The van der Waals surface area contributed by atoms with Crippen LogP contribution in [-0.2, 0) is 6.18 Å². The number of nitrogens with one attached hydrogen (secondary N) is 2. The number of anilines is 1. The van der Waals surface area contributed by atoms with Crippen LogP contribution in [0.3, 0.4) is 0 Å². The molecule has 1 aliphatic rings. The van der Waals surface area contributed by atoms with Gasteiger partial charge < -0.3 is 10.2 Å². The Morgan fingerprint density at radius 2 is 1.81 bits per heavy atom. The Kier molecular flexibility index (Phi) is 6.64. The van der Waals surface area contributed by atoms with E-state index in [4.69, 9.17) is 0 Å². The number of H-pyrrole nitrogens is 1. The lowest BCUT2D eigenvalue weighted by molar-refractivity contribution is -0.137. The highest BCUT2D eigenvalue weighted by Gasteiger charge is 2.31. The molecule has 2 aromatic carbocycles. The van der Waals surface area contributed by atoms with Crippen molar-refractivity contribution in [2.24, 2.45) is 0 Å². The third-order valence-electron chi connectivity index (χ3n) is 5.78. The van der Waals surface area contributed by atoms with E-state index in [-0.39, 0.29) is 5.91 Å². The minimum absolute atomic E-state index is 0.183. The van der Waals surface area contributed by atoms with Crippen molar-refractivity contribution in [3.63, 3.8) is 0 Å². The van der Waals surface area contributed by atoms with E-state index in [1.54, 1.807) is 6.07 Å². The summed E-state index contributed by atoms with van der Waals surface area (Å²) in [7, 11) is 0. The fourth-order valence-electron chi connectivity index (χ4n) is 3.99. The first-order chi connectivity index (χ1) is 15.4. The lowest BCUT2D eigenvalue weighted by Crippen LogP contribution is -2.46. The van der Waals surface area contributed by atoms with Gasteiger partial charge in [0.25, 0.3) is 5.91 Å². The molecule has 6 nitrogen and oxygen atoms in total. The highest BCUT2D eigenvalue weighted by molar-refractivity contribution is 6.04. The molecule has 2 N–H and O–H groups in total. The number of nitrogens with zero attached hydrogens (tertiary/aromatic N) is 3. The maximum atomic E-state index is 12.9. The number of piperazine rings is 1. The summed E-state index contributed by atoms with van der Waals surface area (Å²) < 4.78 is 38.8. The van der Waals surface area contributed by atoms with Crippen LogP contribution < -0.4 is 10.2 Å². The Morgan fingerprint density at radius 3 is 2.59 bits per heavy atom. The van der Waals surface area contributed by atoms with E-state index in [0.29, 0.717) is 31.0 Å². The van der Waals surface area contributed by atoms with E-state index in [1.165, 1.54) is 12.1 Å². The molecule has 0 atom stereocenters. The second-order valence-electron chi connectivity index (χ2n) is 7.96. The van der Waals surface area contributed by atoms with Gasteiger partial charge in [-0.3, -0.25) is 14.8 Å². The van der Waals surface area contributed by atoms with Crippen LogP contribution in [0.1, 0.15) is 28.9 Å². The van der Waals surface area contributed by atoms with Crippen LogP contribution in [0.4, 0.5) is 18.9 Å². The highest BCUT2D eigenvalue weighted by atomic mass is 19.4. The molecule has 0 spiro atoms. The van der Waals surface area contributed by atoms with Gasteiger partial charge in [0.2, 0.25) is 0 Å². The van der Waals surface area contributed by atoms with E-state index >= 15 is 0 Å². The van der Waals surface area contributed by atoms with Gasteiger partial charge in [-0.05, 0) is 43.7 Å². The van der Waals surface area contributed by atoms with Gasteiger partial charge in [-0.2, -0.15) is 18.3 Å². The molecule has 32 heavy (non-hydrogen) atoms. The highest BCUT2D eigenvalue weighted by Crippen LogP contribution is 2.31. The number of halogens is 3. The molecule has 0 bridgehead atoms.